The monoisotopic (exact) mass is 383 g/mol. The fourth-order valence-corrected chi connectivity index (χ4v) is 2.92. The average Bonchev–Trinajstić information content (AvgIpc) is 3.14. The van der Waals surface area contributed by atoms with Crippen molar-refractivity contribution in [3.05, 3.63) is 23.9 Å². The Morgan fingerprint density at radius 1 is 1.42 bits per heavy atom. The lowest BCUT2D eigenvalue weighted by atomic mass is 10.1. The minimum Gasteiger partial charge on any atom is -0.388 e. The van der Waals surface area contributed by atoms with Crippen molar-refractivity contribution < 1.29 is 14.9 Å². The van der Waals surface area contributed by atoms with Crippen LogP contribution in [0.25, 0.3) is 11.2 Å². The number of nitrogens with zero attached hydrogens (tertiary/aromatic N) is 5. The normalized spacial score (nSPS) is 26.1. The van der Waals surface area contributed by atoms with E-state index in [0.29, 0.717) is 23.5 Å². The molecule has 0 aromatic carbocycles. The van der Waals surface area contributed by atoms with E-state index in [-0.39, 0.29) is 5.28 Å². The molecule has 0 unspecified atom stereocenters. The molecule has 3 heterocycles. The Balaban J connectivity index is 1.94. The average molecular weight is 384 g/mol. The number of halogens is 1. The van der Waals surface area contributed by atoms with Crippen LogP contribution < -0.4 is 16.2 Å². The van der Waals surface area contributed by atoms with Crippen molar-refractivity contribution in [3.8, 4) is 0 Å². The first-order chi connectivity index (χ1) is 12.4. The number of ether oxygens (including phenoxy) is 1. The number of anilines is 1. The first kappa shape index (κ1) is 18.8. The number of aliphatic hydroxyl groups is 2. The topological polar surface area (TPSA) is 135 Å². The molecule has 0 aliphatic carbocycles. The maximum Gasteiger partial charge on any atom is 0.226 e. The van der Waals surface area contributed by atoms with Crippen LogP contribution in [0.5, 0.6) is 0 Å². The third-order valence-corrected chi connectivity index (χ3v) is 4.33. The summed E-state index contributed by atoms with van der Waals surface area (Å²) >= 11 is 6.08. The number of hydrazine groups is 1. The van der Waals surface area contributed by atoms with Crippen LogP contribution in [0, 0.1) is 0 Å². The van der Waals surface area contributed by atoms with E-state index in [4.69, 9.17) is 22.1 Å². The van der Waals surface area contributed by atoms with E-state index in [1.807, 2.05) is 6.08 Å². The summed E-state index contributed by atoms with van der Waals surface area (Å²) in [4.78, 5) is 12.8. The smallest absolute Gasteiger partial charge is 0.226 e. The second-order valence-corrected chi connectivity index (χ2v) is 6.36. The fraction of sp³-hybridized carbons (Fsp3) is 0.533. The van der Waals surface area contributed by atoms with E-state index in [0.717, 1.165) is 6.42 Å². The van der Waals surface area contributed by atoms with Crippen LogP contribution >= 0.6 is 11.6 Å². The molecule has 142 valence electrons. The summed E-state index contributed by atoms with van der Waals surface area (Å²) in [5.74, 6) is 0.456. The van der Waals surface area contributed by atoms with Gasteiger partial charge in [-0.1, -0.05) is 6.08 Å². The summed E-state index contributed by atoms with van der Waals surface area (Å²) in [6.07, 6.45) is 2.44. The number of hydrogen-bond acceptors (Lipinski definition) is 9. The molecule has 10 nitrogen and oxygen atoms in total. The van der Waals surface area contributed by atoms with Crippen LogP contribution in [0.2, 0.25) is 5.28 Å². The number of rotatable bonds is 6. The lowest BCUT2D eigenvalue weighted by molar-refractivity contribution is -0.0299. The third kappa shape index (κ3) is 3.46. The maximum absolute atomic E-state index is 10.2. The quantitative estimate of drug-likeness (QED) is 0.399. The lowest BCUT2D eigenvalue weighted by Crippen LogP contribution is -2.31. The molecule has 1 saturated heterocycles. The predicted molar refractivity (Wildman–Crippen MR) is 96.3 cm³/mol. The highest BCUT2D eigenvalue weighted by Crippen LogP contribution is 2.32. The van der Waals surface area contributed by atoms with Crippen molar-refractivity contribution in [2.45, 2.75) is 37.9 Å². The Bertz CT molecular complexity index is 799. The first-order valence-corrected chi connectivity index (χ1v) is 8.58. The van der Waals surface area contributed by atoms with Crippen LogP contribution in [0.3, 0.4) is 0 Å². The van der Waals surface area contributed by atoms with Gasteiger partial charge in [-0.2, -0.15) is 9.97 Å². The van der Waals surface area contributed by atoms with Gasteiger partial charge in [-0.3, -0.25) is 9.58 Å². The minimum atomic E-state index is -1.10. The minimum absolute atomic E-state index is 0.0231. The lowest BCUT2D eigenvalue weighted by Gasteiger charge is -2.19. The van der Waals surface area contributed by atoms with Crippen molar-refractivity contribution >= 4 is 28.6 Å². The molecule has 2 aromatic heterocycles. The number of nitrogens with two attached hydrogens (primary N) is 1. The highest BCUT2D eigenvalue weighted by atomic mass is 35.5. The number of nitrogens with one attached hydrogen (secondary N) is 1. The van der Waals surface area contributed by atoms with Crippen LogP contribution in [-0.2, 0) is 4.74 Å². The van der Waals surface area contributed by atoms with Gasteiger partial charge in [0.25, 0.3) is 0 Å². The van der Waals surface area contributed by atoms with Crippen LogP contribution in [0.15, 0.2) is 18.6 Å². The van der Waals surface area contributed by atoms with Crippen LogP contribution in [0.4, 0.5) is 5.82 Å². The maximum atomic E-state index is 10.2. The zero-order chi connectivity index (χ0) is 18.8. The number of aromatic nitrogens is 4. The van der Waals surface area contributed by atoms with Gasteiger partial charge in [-0.15, -0.1) is 0 Å². The molecular weight excluding hydrogens is 362 g/mol. The molecule has 0 spiro atoms. The van der Waals surface area contributed by atoms with Gasteiger partial charge in [0, 0.05) is 13.2 Å². The number of aliphatic hydroxyl groups excluding tert-OH is 2. The summed E-state index contributed by atoms with van der Waals surface area (Å²) in [5.41, 5.74) is 9.35. The Hall–Kier alpha value is -1.98. The van der Waals surface area contributed by atoms with E-state index in [2.05, 4.69) is 20.4 Å². The molecule has 26 heavy (non-hydrogen) atoms. The van der Waals surface area contributed by atoms with E-state index in [1.54, 1.807) is 29.7 Å². The Morgan fingerprint density at radius 3 is 2.85 bits per heavy atom. The molecule has 1 aliphatic heterocycles. The Morgan fingerprint density at radius 2 is 2.19 bits per heavy atom. The van der Waals surface area contributed by atoms with Gasteiger partial charge >= 0.3 is 0 Å². The molecule has 0 amide bonds. The fourth-order valence-electron chi connectivity index (χ4n) is 2.76. The number of fused-ring (bicyclic) bond motifs is 1. The largest absolute Gasteiger partial charge is 0.388 e. The molecule has 1 fully saturated rings. The van der Waals surface area contributed by atoms with Crippen molar-refractivity contribution in [1.29, 1.82) is 0 Å². The van der Waals surface area contributed by atoms with E-state index in [9.17, 15) is 10.2 Å². The van der Waals surface area contributed by atoms with Gasteiger partial charge in [-0.05, 0) is 31.5 Å². The molecule has 2 aromatic rings. The molecular formula is C15H22ClN7O3. The molecule has 4 atom stereocenters. The second-order valence-electron chi connectivity index (χ2n) is 6.02. The summed E-state index contributed by atoms with van der Waals surface area (Å²) in [7, 11) is 1.76. The van der Waals surface area contributed by atoms with Crippen molar-refractivity contribution in [2.24, 2.45) is 5.73 Å². The summed E-state index contributed by atoms with van der Waals surface area (Å²) < 4.78 is 7.18. The molecule has 0 radical (unpaired) electrons. The van der Waals surface area contributed by atoms with Gasteiger partial charge in [0.05, 0.1) is 12.4 Å². The van der Waals surface area contributed by atoms with Gasteiger partial charge in [0.15, 0.2) is 23.2 Å². The SMILES string of the molecule is C[C@H]1O[C@@H](n2cnc3c(N(C)NC=CCCN)nc(Cl)nc32)[C@H](O)[C@@H]1O. The molecule has 0 saturated carbocycles. The summed E-state index contributed by atoms with van der Waals surface area (Å²) in [6, 6.07) is 0. The van der Waals surface area contributed by atoms with Gasteiger partial charge in [-0.25, -0.2) is 4.98 Å². The molecule has 5 N–H and O–H groups in total. The van der Waals surface area contributed by atoms with E-state index >= 15 is 0 Å². The molecule has 11 heteroatoms. The predicted octanol–water partition coefficient (Wildman–Crippen LogP) is -0.0779. The first-order valence-electron chi connectivity index (χ1n) is 8.20. The van der Waals surface area contributed by atoms with Gasteiger partial charge < -0.3 is 26.1 Å². The van der Waals surface area contributed by atoms with Crippen molar-refractivity contribution in [1.82, 2.24) is 24.9 Å². The number of hydrogen-bond donors (Lipinski definition) is 4. The third-order valence-electron chi connectivity index (χ3n) is 4.16. The highest BCUT2D eigenvalue weighted by molar-refractivity contribution is 6.28. The number of imidazole rings is 1. The molecule has 3 rings (SSSR count). The standard InChI is InChI=1S/C15H22ClN7O3/c1-8-10(24)11(25)14(26-8)23-7-18-9-12(20-15(16)21-13(9)23)22(2)19-6-4-3-5-17/h4,6-8,10-11,14,19,24-25H,3,5,17H2,1-2H3/t8-,10-,11-,14-/m1/s1. The van der Waals surface area contributed by atoms with E-state index in [1.165, 1.54) is 6.33 Å². The molecule has 1 aliphatic rings. The van der Waals surface area contributed by atoms with E-state index < -0.39 is 24.5 Å². The Kier molecular flexibility index (Phi) is 5.58. The van der Waals surface area contributed by atoms with Crippen molar-refractivity contribution in [2.75, 3.05) is 18.6 Å². The van der Waals surface area contributed by atoms with Crippen molar-refractivity contribution in [3.63, 3.8) is 0 Å². The van der Waals surface area contributed by atoms with Gasteiger partial charge in [0.1, 0.15) is 12.2 Å². The second kappa shape index (κ2) is 7.72. The summed E-state index contributed by atoms with van der Waals surface area (Å²) in [6.45, 7) is 2.25. The van der Waals surface area contributed by atoms with Crippen LogP contribution in [-0.4, -0.2) is 61.6 Å². The zero-order valence-electron chi connectivity index (χ0n) is 14.4. The summed E-state index contributed by atoms with van der Waals surface area (Å²) in [5, 5.41) is 21.8. The van der Waals surface area contributed by atoms with Gasteiger partial charge in [0.2, 0.25) is 5.28 Å². The van der Waals surface area contributed by atoms with Crippen LogP contribution in [0.1, 0.15) is 19.6 Å². The zero-order valence-corrected chi connectivity index (χ0v) is 15.2. The molecule has 0 bridgehead atoms. The highest BCUT2D eigenvalue weighted by Gasteiger charge is 2.42. The Labute approximate surface area is 155 Å².